The third kappa shape index (κ3) is 5.24. The zero-order valence-electron chi connectivity index (χ0n) is 4.43. The van der Waals surface area contributed by atoms with Crippen LogP contribution in [0.25, 0.3) is 0 Å². The first-order valence-corrected chi connectivity index (χ1v) is 3.30. The minimum Gasteiger partial charge on any atom is -0.222 e. The second kappa shape index (κ2) is 5.51. The molecule has 0 aliphatic carbocycles. The Bertz CT molecular complexity index is 179. The number of hydrogen-bond acceptors (Lipinski definition) is 3. The van der Waals surface area contributed by atoms with E-state index in [1.807, 2.05) is 17.5 Å². The van der Waals surface area contributed by atoms with Gasteiger partial charge in [0.1, 0.15) is 0 Å². The maximum atomic E-state index is 8.35. The van der Waals surface area contributed by atoms with Crippen molar-refractivity contribution in [3.63, 3.8) is 0 Å². The van der Waals surface area contributed by atoms with Gasteiger partial charge in [0, 0.05) is 0 Å². The smallest absolute Gasteiger partial charge is 0.222 e. The molecule has 0 aliphatic rings. The topological polar surface area (TPSA) is 40.9 Å². The van der Waals surface area contributed by atoms with E-state index in [0.717, 1.165) is 10.4 Å². The second-order valence-electron chi connectivity index (χ2n) is 1.02. The van der Waals surface area contributed by atoms with Crippen molar-refractivity contribution in [1.29, 1.82) is 5.41 Å². The highest BCUT2D eigenvalue weighted by Gasteiger charge is 1.77. The lowest BCUT2D eigenvalue weighted by Crippen LogP contribution is -1.29. The Kier molecular flexibility index (Phi) is 5.12. The quantitative estimate of drug-likeness (QED) is 0.461. The standard InChI is InChI=1S/C4H3ClS.CHNO/c5-4-2-1-3-6-4;2-1-3/h1-3H;2H. The number of carbonyl (C=O) groups excluding carboxylic acids is 1. The fraction of sp³-hybridized carbons (Fsp3) is 0. The average molecular weight is 162 g/mol. The van der Waals surface area contributed by atoms with Crippen LogP contribution in [0.4, 0.5) is 0 Å². The van der Waals surface area contributed by atoms with Crippen LogP contribution in [0.1, 0.15) is 0 Å². The highest BCUT2D eigenvalue weighted by molar-refractivity contribution is 7.14. The van der Waals surface area contributed by atoms with Gasteiger partial charge >= 0.3 is 0 Å². The lowest BCUT2D eigenvalue weighted by molar-refractivity contribution is 0.563. The highest BCUT2D eigenvalue weighted by atomic mass is 35.5. The molecule has 1 aromatic heterocycles. The van der Waals surface area contributed by atoms with E-state index in [1.165, 1.54) is 0 Å². The molecule has 1 heterocycles. The molecular formula is C5H4ClNOS. The number of nitrogens with one attached hydrogen (secondary N) is 1. The maximum absolute atomic E-state index is 8.35. The van der Waals surface area contributed by atoms with E-state index in [9.17, 15) is 0 Å². The van der Waals surface area contributed by atoms with E-state index in [-0.39, 0.29) is 0 Å². The Hall–Kier alpha value is -0.630. The van der Waals surface area contributed by atoms with Crippen LogP contribution in [0.5, 0.6) is 0 Å². The molecule has 1 N–H and O–H groups in total. The molecule has 0 spiro atoms. The Morgan fingerprint density at radius 1 is 1.78 bits per heavy atom. The SMILES string of the molecule is Clc1cccs1.N=C=O. The summed E-state index contributed by atoms with van der Waals surface area (Å²) >= 11 is 7.02. The predicted octanol–water partition coefficient (Wildman–Crippen LogP) is 2.30. The zero-order valence-corrected chi connectivity index (χ0v) is 6.00. The molecule has 0 amide bonds. The fourth-order valence-electron chi connectivity index (χ4n) is 0.259. The van der Waals surface area contributed by atoms with Gasteiger partial charge in [0.05, 0.1) is 4.34 Å². The Morgan fingerprint density at radius 3 is 2.44 bits per heavy atom. The summed E-state index contributed by atoms with van der Waals surface area (Å²) in [5.74, 6) is 0. The first kappa shape index (κ1) is 8.37. The summed E-state index contributed by atoms with van der Waals surface area (Å²) in [6.45, 7) is 0. The summed E-state index contributed by atoms with van der Waals surface area (Å²) in [7, 11) is 0. The summed E-state index contributed by atoms with van der Waals surface area (Å²) in [6.07, 6.45) is 0.750. The molecule has 1 aromatic rings. The van der Waals surface area contributed by atoms with E-state index in [0.29, 0.717) is 0 Å². The summed E-state index contributed by atoms with van der Waals surface area (Å²) in [6, 6.07) is 3.79. The first-order chi connectivity index (χ1) is 4.31. The normalized spacial score (nSPS) is 6.78. The monoisotopic (exact) mass is 161 g/mol. The second-order valence-corrected chi connectivity index (χ2v) is 2.60. The van der Waals surface area contributed by atoms with Crippen molar-refractivity contribution < 1.29 is 4.79 Å². The van der Waals surface area contributed by atoms with Gasteiger partial charge in [-0.1, -0.05) is 11.6 Å². The van der Waals surface area contributed by atoms with Gasteiger partial charge in [0.2, 0.25) is 6.08 Å². The maximum Gasteiger partial charge on any atom is 0.231 e. The van der Waals surface area contributed by atoms with Crippen molar-refractivity contribution in [2.75, 3.05) is 0 Å². The number of thiophene rings is 1. The van der Waals surface area contributed by atoms with E-state index in [4.69, 9.17) is 21.8 Å². The van der Waals surface area contributed by atoms with Crippen molar-refractivity contribution in [2.24, 2.45) is 0 Å². The number of isocyanates is 1. The predicted molar refractivity (Wildman–Crippen MR) is 37.7 cm³/mol. The molecule has 4 heteroatoms. The third-order valence-corrected chi connectivity index (χ3v) is 1.53. The van der Waals surface area contributed by atoms with Crippen molar-refractivity contribution in [1.82, 2.24) is 0 Å². The molecule has 1 rings (SSSR count). The molecule has 0 atom stereocenters. The van der Waals surface area contributed by atoms with Crippen molar-refractivity contribution in [3.05, 3.63) is 21.8 Å². The number of halogens is 1. The lowest BCUT2D eigenvalue weighted by Gasteiger charge is -1.62. The minimum atomic E-state index is 0.750. The third-order valence-electron chi connectivity index (χ3n) is 0.486. The molecule has 0 saturated heterocycles. The van der Waals surface area contributed by atoms with E-state index >= 15 is 0 Å². The molecule has 0 unspecified atom stereocenters. The number of rotatable bonds is 0. The number of hydrogen-bond donors (Lipinski definition) is 1. The summed E-state index contributed by atoms with van der Waals surface area (Å²) in [5, 5.41) is 7.35. The van der Waals surface area contributed by atoms with Gasteiger partial charge in [-0.15, -0.1) is 11.3 Å². The average Bonchev–Trinajstić information content (AvgIpc) is 2.20. The molecule has 48 valence electrons. The molecule has 0 aliphatic heterocycles. The van der Waals surface area contributed by atoms with Gasteiger partial charge in [0.25, 0.3) is 0 Å². The van der Waals surface area contributed by atoms with Crippen LogP contribution in [0.3, 0.4) is 0 Å². The van der Waals surface area contributed by atoms with Crippen LogP contribution in [-0.2, 0) is 4.79 Å². The minimum absolute atomic E-state index is 0.750. The van der Waals surface area contributed by atoms with E-state index in [1.54, 1.807) is 11.3 Å². The molecule has 2 nitrogen and oxygen atoms in total. The summed E-state index contributed by atoms with van der Waals surface area (Å²) in [5.41, 5.74) is 0. The Labute approximate surface area is 61.6 Å². The van der Waals surface area contributed by atoms with Crippen LogP contribution < -0.4 is 0 Å². The molecular weight excluding hydrogens is 158 g/mol. The van der Waals surface area contributed by atoms with E-state index in [2.05, 4.69) is 0 Å². The molecule has 0 saturated carbocycles. The van der Waals surface area contributed by atoms with E-state index < -0.39 is 0 Å². The van der Waals surface area contributed by atoms with Crippen LogP contribution in [0, 0.1) is 5.41 Å². The molecule has 0 radical (unpaired) electrons. The largest absolute Gasteiger partial charge is 0.231 e. The Balaban J connectivity index is 0.000000187. The molecule has 0 aromatic carbocycles. The summed E-state index contributed by atoms with van der Waals surface area (Å²) < 4.78 is 0.856. The Morgan fingerprint density at radius 2 is 2.33 bits per heavy atom. The molecule has 0 bridgehead atoms. The molecule has 0 fully saturated rings. The van der Waals surface area contributed by atoms with Crippen LogP contribution in [0.15, 0.2) is 17.5 Å². The van der Waals surface area contributed by atoms with Gasteiger partial charge in [-0.25, -0.2) is 10.2 Å². The van der Waals surface area contributed by atoms with Crippen LogP contribution in [0.2, 0.25) is 4.34 Å². The van der Waals surface area contributed by atoms with Gasteiger partial charge in [-0.3, -0.25) is 0 Å². The summed E-state index contributed by atoms with van der Waals surface area (Å²) in [4.78, 5) is 8.35. The van der Waals surface area contributed by atoms with Crippen molar-refractivity contribution >= 4 is 29.0 Å². The van der Waals surface area contributed by atoms with Crippen molar-refractivity contribution in [3.8, 4) is 0 Å². The van der Waals surface area contributed by atoms with Crippen molar-refractivity contribution in [2.45, 2.75) is 0 Å². The van der Waals surface area contributed by atoms with Gasteiger partial charge in [0.15, 0.2) is 0 Å². The van der Waals surface area contributed by atoms with Crippen LogP contribution >= 0.6 is 22.9 Å². The van der Waals surface area contributed by atoms with Gasteiger partial charge in [-0.05, 0) is 17.5 Å². The molecule has 9 heavy (non-hydrogen) atoms. The fourth-order valence-corrected chi connectivity index (χ4v) is 0.930. The lowest BCUT2D eigenvalue weighted by atomic mass is 10.7. The highest BCUT2D eigenvalue weighted by Crippen LogP contribution is 2.13. The van der Waals surface area contributed by atoms with Crippen LogP contribution in [-0.4, -0.2) is 6.08 Å². The first-order valence-electron chi connectivity index (χ1n) is 2.04. The van der Waals surface area contributed by atoms with Gasteiger partial charge in [-0.2, -0.15) is 0 Å². The van der Waals surface area contributed by atoms with Gasteiger partial charge < -0.3 is 0 Å². The zero-order chi connectivity index (χ0) is 7.11.